The molecule has 0 fully saturated rings. The van der Waals surface area contributed by atoms with Crippen LogP contribution in [0, 0.1) is 13.8 Å². The topological polar surface area (TPSA) is 42.2 Å². The molecule has 0 spiro atoms. The predicted octanol–water partition coefficient (Wildman–Crippen LogP) is 1.71. The van der Waals surface area contributed by atoms with Crippen LogP contribution in [0.1, 0.15) is 28.5 Å². The summed E-state index contributed by atoms with van der Waals surface area (Å²) in [6.45, 7) is 7.97. The summed E-state index contributed by atoms with van der Waals surface area (Å²) in [6, 6.07) is 0.364. The molecular formula is C10H19N3S. The van der Waals surface area contributed by atoms with Gasteiger partial charge in [0.05, 0.1) is 16.7 Å². The van der Waals surface area contributed by atoms with Gasteiger partial charge >= 0.3 is 0 Å². The summed E-state index contributed by atoms with van der Waals surface area (Å²) in [6.07, 6.45) is 0. The van der Waals surface area contributed by atoms with Gasteiger partial charge in [0.25, 0.3) is 0 Å². The maximum Gasteiger partial charge on any atom is 0.0900 e. The molecule has 0 aliphatic rings. The molecule has 1 heterocycles. The van der Waals surface area contributed by atoms with Crippen molar-refractivity contribution in [2.24, 2.45) is 5.73 Å². The molecular weight excluding hydrogens is 194 g/mol. The summed E-state index contributed by atoms with van der Waals surface area (Å²) in [5.74, 6) is 0. The second kappa shape index (κ2) is 4.87. The first-order valence-electron chi connectivity index (χ1n) is 4.90. The quantitative estimate of drug-likeness (QED) is 0.828. The molecule has 0 aliphatic heterocycles. The number of hydrogen-bond acceptors (Lipinski definition) is 4. The highest BCUT2D eigenvalue weighted by atomic mass is 32.1. The fourth-order valence-electron chi connectivity index (χ4n) is 1.54. The maximum atomic E-state index is 5.53. The number of aryl methyl sites for hydroxylation is 2. The molecule has 4 heteroatoms. The highest BCUT2D eigenvalue weighted by molar-refractivity contribution is 7.11. The van der Waals surface area contributed by atoms with Gasteiger partial charge in [-0.1, -0.05) is 0 Å². The summed E-state index contributed by atoms with van der Waals surface area (Å²) >= 11 is 1.76. The summed E-state index contributed by atoms with van der Waals surface area (Å²) in [7, 11) is 2.09. The standard InChI is InChI=1S/C10H19N3S/c1-7(13(4)6-5-11)10-8(2)14-9(3)12-10/h7H,5-6,11H2,1-4H3. The van der Waals surface area contributed by atoms with Gasteiger partial charge < -0.3 is 5.73 Å². The Kier molecular flexibility index (Phi) is 4.04. The first-order valence-corrected chi connectivity index (χ1v) is 5.72. The number of thiazole rings is 1. The van der Waals surface area contributed by atoms with Gasteiger partial charge in [-0.2, -0.15) is 0 Å². The van der Waals surface area contributed by atoms with Gasteiger partial charge in [-0.15, -0.1) is 11.3 Å². The van der Waals surface area contributed by atoms with Crippen molar-refractivity contribution in [3.8, 4) is 0 Å². The third kappa shape index (κ3) is 2.53. The van der Waals surface area contributed by atoms with E-state index in [4.69, 9.17) is 5.73 Å². The van der Waals surface area contributed by atoms with Crippen LogP contribution in [0.5, 0.6) is 0 Å². The minimum absolute atomic E-state index is 0.364. The SMILES string of the molecule is Cc1nc(C(C)N(C)CCN)c(C)s1. The van der Waals surface area contributed by atoms with E-state index in [9.17, 15) is 0 Å². The molecule has 1 rings (SSSR count). The molecule has 0 saturated carbocycles. The van der Waals surface area contributed by atoms with Crippen LogP contribution in [-0.2, 0) is 0 Å². The zero-order chi connectivity index (χ0) is 10.7. The first-order chi connectivity index (χ1) is 6.56. The van der Waals surface area contributed by atoms with Gasteiger partial charge in [-0.3, -0.25) is 4.90 Å². The maximum absolute atomic E-state index is 5.53. The lowest BCUT2D eigenvalue weighted by Gasteiger charge is -2.23. The van der Waals surface area contributed by atoms with Gasteiger partial charge in [-0.05, 0) is 27.8 Å². The lowest BCUT2D eigenvalue weighted by Crippen LogP contribution is -2.28. The normalized spacial score (nSPS) is 13.6. The molecule has 1 atom stereocenters. The van der Waals surface area contributed by atoms with E-state index in [1.165, 1.54) is 10.6 Å². The lowest BCUT2D eigenvalue weighted by molar-refractivity contribution is 0.264. The van der Waals surface area contributed by atoms with Crippen LogP contribution >= 0.6 is 11.3 Å². The van der Waals surface area contributed by atoms with E-state index in [1.54, 1.807) is 11.3 Å². The summed E-state index contributed by atoms with van der Waals surface area (Å²) in [5, 5.41) is 1.14. The molecule has 0 aromatic carbocycles. The summed E-state index contributed by atoms with van der Waals surface area (Å²) in [5.41, 5.74) is 6.73. The van der Waals surface area contributed by atoms with E-state index < -0.39 is 0 Å². The number of likely N-dealkylation sites (N-methyl/N-ethyl adjacent to an activating group) is 1. The van der Waals surface area contributed by atoms with Gasteiger partial charge in [0.1, 0.15) is 0 Å². The van der Waals surface area contributed by atoms with Crippen molar-refractivity contribution in [3.05, 3.63) is 15.6 Å². The Labute approximate surface area is 89.9 Å². The van der Waals surface area contributed by atoms with Gasteiger partial charge in [-0.25, -0.2) is 4.98 Å². The monoisotopic (exact) mass is 213 g/mol. The van der Waals surface area contributed by atoms with Gasteiger partial charge in [0.15, 0.2) is 0 Å². The smallest absolute Gasteiger partial charge is 0.0900 e. The highest BCUT2D eigenvalue weighted by Crippen LogP contribution is 2.25. The zero-order valence-corrected chi connectivity index (χ0v) is 10.2. The molecule has 2 N–H and O–H groups in total. The average molecular weight is 213 g/mol. The molecule has 0 radical (unpaired) electrons. The van der Waals surface area contributed by atoms with Crippen LogP contribution in [0.3, 0.4) is 0 Å². The van der Waals surface area contributed by atoms with Crippen molar-refractivity contribution in [1.29, 1.82) is 0 Å². The Morgan fingerprint density at radius 3 is 2.57 bits per heavy atom. The van der Waals surface area contributed by atoms with Crippen LogP contribution < -0.4 is 5.73 Å². The number of nitrogens with two attached hydrogens (primary N) is 1. The Morgan fingerprint density at radius 1 is 1.50 bits per heavy atom. The molecule has 1 aromatic rings. The van der Waals surface area contributed by atoms with Crippen molar-refractivity contribution in [1.82, 2.24) is 9.88 Å². The fourth-order valence-corrected chi connectivity index (χ4v) is 2.45. The van der Waals surface area contributed by atoms with Crippen molar-refractivity contribution >= 4 is 11.3 Å². The van der Waals surface area contributed by atoms with Crippen LogP contribution in [-0.4, -0.2) is 30.0 Å². The van der Waals surface area contributed by atoms with Crippen molar-refractivity contribution < 1.29 is 0 Å². The molecule has 0 bridgehead atoms. The molecule has 0 aliphatic carbocycles. The number of hydrogen-bond donors (Lipinski definition) is 1. The summed E-state index contributed by atoms with van der Waals surface area (Å²) in [4.78, 5) is 8.11. The van der Waals surface area contributed by atoms with Crippen LogP contribution in [0.2, 0.25) is 0 Å². The molecule has 1 aromatic heterocycles. The Morgan fingerprint density at radius 2 is 2.14 bits per heavy atom. The average Bonchev–Trinajstić information content (AvgIpc) is 2.44. The highest BCUT2D eigenvalue weighted by Gasteiger charge is 2.16. The lowest BCUT2D eigenvalue weighted by atomic mass is 10.2. The van der Waals surface area contributed by atoms with Crippen LogP contribution in [0.4, 0.5) is 0 Å². The Balaban J connectivity index is 2.77. The Hall–Kier alpha value is -0.450. The third-order valence-electron chi connectivity index (χ3n) is 2.48. The summed E-state index contributed by atoms with van der Waals surface area (Å²) < 4.78 is 0. The number of rotatable bonds is 4. The fraction of sp³-hybridized carbons (Fsp3) is 0.700. The minimum Gasteiger partial charge on any atom is -0.329 e. The molecule has 1 unspecified atom stereocenters. The zero-order valence-electron chi connectivity index (χ0n) is 9.37. The molecule has 80 valence electrons. The second-order valence-electron chi connectivity index (χ2n) is 3.62. The van der Waals surface area contributed by atoms with E-state index in [-0.39, 0.29) is 0 Å². The van der Waals surface area contributed by atoms with Gasteiger partial charge in [0.2, 0.25) is 0 Å². The molecule has 14 heavy (non-hydrogen) atoms. The minimum atomic E-state index is 0.364. The molecule has 0 amide bonds. The van der Waals surface area contributed by atoms with E-state index >= 15 is 0 Å². The van der Waals surface area contributed by atoms with Crippen molar-refractivity contribution in [3.63, 3.8) is 0 Å². The van der Waals surface area contributed by atoms with E-state index in [0.29, 0.717) is 12.6 Å². The Bertz CT molecular complexity index is 296. The van der Waals surface area contributed by atoms with Crippen molar-refractivity contribution in [2.45, 2.75) is 26.8 Å². The number of nitrogens with zero attached hydrogens (tertiary/aromatic N) is 2. The third-order valence-corrected chi connectivity index (χ3v) is 3.38. The predicted molar refractivity (Wildman–Crippen MR) is 61.7 cm³/mol. The molecule has 3 nitrogen and oxygen atoms in total. The van der Waals surface area contributed by atoms with E-state index in [1.807, 2.05) is 0 Å². The van der Waals surface area contributed by atoms with Gasteiger partial charge in [0, 0.05) is 18.0 Å². The largest absolute Gasteiger partial charge is 0.329 e. The van der Waals surface area contributed by atoms with Crippen molar-refractivity contribution in [2.75, 3.05) is 20.1 Å². The second-order valence-corrected chi connectivity index (χ2v) is 5.03. The van der Waals surface area contributed by atoms with Crippen LogP contribution in [0.25, 0.3) is 0 Å². The number of aromatic nitrogens is 1. The first kappa shape index (κ1) is 11.6. The van der Waals surface area contributed by atoms with Crippen LogP contribution in [0.15, 0.2) is 0 Å². The molecule has 0 saturated heterocycles. The van der Waals surface area contributed by atoms with E-state index in [2.05, 4.69) is 37.7 Å². The van der Waals surface area contributed by atoms with E-state index in [0.717, 1.165) is 11.6 Å².